The van der Waals surface area contributed by atoms with Gasteiger partial charge < -0.3 is 4.74 Å². The number of hydrogen-bond acceptors (Lipinski definition) is 4. The Hall–Kier alpha value is -1.03. The molecule has 19 heavy (non-hydrogen) atoms. The summed E-state index contributed by atoms with van der Waals surface area (Å²) in [7, 11) is 1.60. The molecule has 4 heteroatoms. The first-order valence-corrected chi connectivity index (χ1v) is 7.89. The van der Waals surface area contributed by atoms with Crippen molar-refractivity contribution < 1.29 is 9.53 Å². The van der Waals surface area contributed by atoms with E-state index in [1.54, 1.807) is 19.5 Å². The molecule has 1 aromatic rings. The predicted molar refractivity (Wildman–Crippen MR) is 76.9 cm³/mol. The van der Waals surface area contributed by atoms with Gasteiger partial charge in [0.2, 0.25) is 0 Å². The summed E-state index contributed by atoms with van der Waals surface area (Å²) in [6.07, 6.45) is 9.28. The highest BCUT2D eigenvalue weighted by molar-refractivity contribution is 8.00. The number of carbonyl (C=O) groups excluding carboxylic acids is 1. The molecule has 2 atom stereocenters. The summed E-state index contributed by atoms with van der Waals surface area (Å²) in [6, 6.07) is 1.81. The zero-order chi connectivity index (χ0) is 13.2. The molecular weight excluding hydrogens is 258 g/mol. The van der Waals surface area contributed by atoms with Crippen LogP contribution < -0.4 is 4.74 Å². The zero-order valence-electron chi connectivity index (χ0n) is 11.2. The van der Waals surface area contributed by atoms with Crippen molar-refractivity contribution in [1.29, 1.82) is 0 Å². The van der Waals surface area contributed by atoms with E-state index in [1.807, 2.05) is 6.07 Å². The molecule has 0 aromatic carbocycles. The number of methoxy groups -OCH3 is 1. The lowest BCUT2D eigenvalue weighted by atomic mass is 9.85. The smallest absolute Gasteiger partial charge is 0.167 e. The average molecular weight is 277 g/mol. The van der Waals surface area contributed by atoms with Crippen LogP contribution in [-0.2, 0) is 0 Å². The van der Waals surface area contributed by atoms with Gasteiger partial charge in [-0.05, 0) is 31.7 Å². The quantitative estimate of drug-likeness (QED) is 0.794. The van der Waals surface area contributed by atoms with E-state index in [0.29, 0.717) is 21.8 Å². The second-order valence-electron chi connectivity index (χ2n) is 5.46. The molecule has 0 saturated carbocycles. The van der Waals surface area contributed by atoms with Gasteiger partial charge in [0.15, 0.2) is 5.78 Å². The van der Waals surface area contributed by atoms with Gasteiger partial charge in [-0.25, -0.2) is 0 Å². The van der Waals surface area contributed by atoms with Crippen molar-refractivity contribution >= 4 is 17.5 Å². The van der Waals surface area contributed by atoms with Crippen LogP contribution >= 0.6 is 11.8 Å². The van der Waals surface area contributed by atoms with E-state index in [1.165, 1.54) is 19.3 Å². The molecule has 3 heterocycles. The topological polar surface area (TPSA) is 39.2 Å². The van der Waals surface area contributed by atoms with Gasteiger partial charge in [-0.15, -0.1) is 0 Å². The van der Waals surface area contributed by atoms with Crippen molar-refractivity contribution in [3.8, 4) is 5.75 Å². The minimum absolute atomic E-state index is 0.186. The lowest BCUT2D eigenvalue weighted by molar-refractivity contribution is 0.0896. The molecule has 2 aliphatic heterocycles. The molecule has 2 aliphatic rings. The Kier molecular flexibility index (Phi) is 3.78. The molecule has 2 fully saturated rings. The van der Waals surface area contributed by atoms with Crippen LogP contribution in [0.5, 0.6) is 5.75 Å². The molecule has 0 spiro atoms. The summed E-state index contributed by atoms with van der Waals surface area (Å²) in [4.78, 5) is 16.7. The number of ketones is 1. The molecule has 3 rings (SSSR count). The number of aromatic nitrogens is 1. The molecule has 0 N–H and O–H groups in total. The largest absolute Gasteiger partial charge is 0.495 e. The molecule has 0 amide bonds. The molecule has 0 radical (unpaired) electrons. The Bertz CT molecular complexity index is 465. The number of rotatable bonds is 3. The second-order valence-corrected chi connectivity index (χ2v) is 7.06. The Morgan fingerprint density at radius 2 is 2.05 bits per heavy atom. The van der Waals surface area contributed by atoms with E-state index in [4.69, 9.17) is 4.74 Å². The van der Waals surface area contributed by atoms with E-state index in [2.05, 4.69) is 16.7 Å². The van der Waals surface area contributed by atoms with Gasteiger partial charge >= 0.3 is 0 Å². The summed E-state index contributed by atoms with van der Waals surface area (Å²) in [6.45, 7) is 0. The SMILES string of the molecule is COc1cncc(C(=O)C2CC3CCCC(C2)S3)c1. The number of pyridine rings is 1. The van der Waals surface area contributed by atoms with Crippen molar-refractivity contribution in [3.63, 3.8) is 0 Å². The van der Waals surface area contributed by atoms with Crippen molar-refractivity contribution in [1.82, 2.24) is 4.98 Å². The van der Waals surface area contributed by atoms with Crippen molar-refractivity contribution in [2.75, 3.05) is 7.11 Å². The predicted octanol–water partition coefficient (Wildman–Crippen LogP) is 3.34. The van der Waals surface area contributed by atoms with E-state index in [9.17, 15) is 4.79 Å². The van der Waals surface area contributed by atoms with E-state index in [-0.39, 0.29) is 11.7 Å². The monoisotopic (exact) mass is 277 g/mol. The average Bonchev–Trinajstić information content (AvgIpc) is 2.46. The summed E-state index contributed by atoms with van der Waals surface area (Å²) >= 11 is 2.10. The van der Waals surface area contributed by atoms with Crippen LogP contribution in [0.1, 0.15) is 42.5 Å². The lowest BCUT2D eigenvalue weighted by Gasteiger charge is -2.37. The number of thioether (sulfide) groups is 1. The number of ether oxygens (including phenoxy) is 1. The number of Topliss-reactive ketones (excluding diaryl/α,β-unsaturated/α-hetero) is 1. The van der Waals surface area contributed by atoms with Gasteiger partial charge in [0.25, 0.3) is 0 Å². The van der Waals surface area contributed by atoms with Gasteiger partial charge in [-0.3, -0.25) is 9.78 Å². The summed E-state index contributed by atoms with van der Waals surface area (Å²) < 4.78 is 5.15. The van der Waals surface area contributed by atoms with Crippen LogP contribution in [0.4, 0.5) is 0 Å². The first-order valence-electron chi connectivity index (χ1n) is 6.95. The van der Waals surface area contributed by atoms with Crippen molar-refractivity contribution in [2.24, 2.45) is 5.92 Å². The fourth-order valence-corrected chi connectivity index (χ4v) is 5.01. The lowest BCUT2D eigenvalue weighted by Crippen LogP contribution is -2.32. The first kappa shape index (κ1) is 13.0. The molecular formula is C15H19NO2S. The van der Waals surface area contributed by atoms with Crippen molar-refractivity contribution in [2.45, 2.75) is 42.6 Å². The Morgan fingerprint density at radius 3 is 2.74 bits per heavy atom. The fourth-order valence-electron chi connectivity index (χ4n) is 3.17. The number of carbonyl (C=O) groups is 1. The number of nitrogens with zero attached hydrogens (tertiary/aromatic N) is 1. The minimum Gasteiger partial charge on any atom is -0.495 e. The van der Waals surface area contributed by atoms with Crippen molar-refractivity contribution in [3.05, 3.63) is 24.0 Å². The summed E-state index contributed by atoms with van der Waals surface area (Å²) in [5.74, 6) is 1.10. The third-order valence-electron chi connectivity index (χ3n) is 4.14. The van der Waals surface area contributed by atoms with Crippen LogP contribution in [0.15, 0.2) is 18.5 Å². The van der Waals surface area contributed by atoms with Gasteiger partial charge in [-0.2, -0.15) is 11.8 Å². The zero-order valence-corrected chi connectivity index (χ0v) is 12.0. The third kappa shape index (κ3) is 2.78. The van der Waals surface area contributed by atoms with Gasteiger partial charge in [0.05, 0.1) is 13.3 Å². The highest BCUT2D eigenvalue weighted by Crippen LogP contribution is 2.44. The third-order valence-corrected chi connectivity index (χ3v) is 5.76. The maximum atomic E-state index is 12.6. The molecule has 102 valence electrons. The van der Waals surface area contributed by atoms with Gasteiger partial charge in [0, 0.05) is 28.2 Å². The maximum Gasteiger partial charge on any atom is 0.167 e. The van der Waals surface area contributed by atoms with E-state index < -0.39 is 0 Å². The maximum absolute atomic E-state index is 12.6. The highest BCUT2D eigenvalue weighted by Gasteiger charge is 2.35. The van der Waals surface area contributed by atoms with Crippen LogP contribution in [0.25, 0.3) is 0 Å². The van der Waals surface area contributed by atoms with Gasteiger partial charge in [0.1, 0.15) is 5.75 Å². The Labute approximate surface area is 118 Å². The normalized spacial score (nSPS) is 29.8. The van der Waals surface area contributed by atoms with E-state index >= 15 is 0 Å². The fraction of sp³-hybridized carbons (Fsp3) is 0.600. The molecule has 2 saturated heterocycles. The molecule has 1 aromatic heterocycles. The second kappa shape index (κ2) is 5.53. The van der Waals surface area contributed by atoms with E-state index in [0.717, 1.165) is 12.8 Å². The molecule has 2 bridgehead atoms. The summed E-state index contributed by atoms with van der Waals surface area (Å²) in [5.41, 5.74) is 0.703. The van der Waals surface area contributed by atoms with Gasteiger partial charge in [-0.1, -0.05) is 6.42 Å². The first-order chi connectivity index (χ1) is 9.26. The Balaban J connectivity index is 1.76. The standard InChI is InChI=1S/C15H19NO2S/c1-18-12-5-11(8-16-9-12)15(17)10-6-13-3-2-4-14(7-10)19-13/h5,8-10,13-14H,2-4,6-7H2,1H3. The number of hydrogen-bond donors (Lipinski definition) is 0. The molecule has 3 nitrogen and oxygen atoms in total. The van der Waals surface area contributed by atoms with Crippen LogP contribution in [0, 0.1) is 5.92 Å². The van der Waals surface area contributed by atoms with Crippen LogP contribution in [0.3, 0.4) is 0 Å². The van der Waals surface area contributed by atoms with Crippen LogP contribution in [-0.4, -0.2) is 28.4 Å². The highest BCUT2D eigenvalue weighted by atomic mass is 32.2. The molecule has 2 unspecified atom stereocenters. The number of fused-ring (bicyclic) bond motifs is 2. The summed E-state index contributed by atoms with van der Waals surface area (Å²) in [5, 5.41) is 1.39. The molecule has 0 aliphatic carbocycles. The van der Waals surface area contributed by atoms with Crippen LogP contribution in [0.2, 0.25) is 0 Å². The Morgan fingerprint density at radius 1 is 1.32 bits per heavy atom. The minimum atomic E-state index is 0.186.